The number of hydrogen-bond donors (Lipinski definition) is 0. The Morgan fingerprint density at radius 1 is 0.792 bits per heavy atom. The first-order valence-electron chi connectivity index (χ1n) is 9.13. The van der Waals surface area contributed by atoms with Crippen molar-refractivity contribution in [2.45, 2.75) is 38.5 Å². The van der Waals surface area contributed by atoms with E-state index in [-0.39, 0.29) is 0 Å². The third-order valence-electron chi connectivity index (χ3n) is 5.31. The van der Waals surface area contributed by atoms with Gasteiger partial charge in [-0.3, -0.25) is 0 Å². The predicted octanol–water partition coefficient (Wildman–Crippen LogP) is 6.58. The minimum atomic E-state index is 0.510. The maximum atomic E-state index is 2.36. The van der Waals surface area contributed by atoms with E-state index in [4.69, 9.17) is 0 Å². The highest BCUT2D eigenvalue weighted by atomic mass is 14.3. The fourth-order valence-electron chi connectivity index (χ4n) is 4.10. The van der Waals surface area contributed by atoms with Crippen molar-refractivity contribution in [3.05, 3.63) is 95.1 Å². The molecule has 0 aliphatic heterocycles. The molecule has 24 heavy (non-hydrogen) atoms. The zero-order chi connectivity index (χ0) is 16.4. The third kappa shape index (κ3) is 2.67. The van der Waals surface area contributed by atoms with Crippen molar-refractivity contribution in [3.63, 3.8) is 0 Å². The third-order valence-corrected chi connectivity index (χ3v) is 5.31. The van der Waals surface area contributed by atoms with Gasteiger partial charge in [0.05, 0.1) is 0 Å². The van der Waals surface area contributed by atoms with Crippen molar-refractivity contribution in [2.24, 2.45) is 0 Å². The largest absolute Gasteiger partial charge is 0.0654 e. The molecule has 3 aromatic rings. The molecule has 0 nitrogen and oxygen atoms in total. The summed E-state index contributed by atoms with van der Waals surface area (Å²) >= 11 is 0. The van der Waals surface area contributed by atoms with Gasteiger partial charge >= 0.3 is 0 Å². The lowest BCUT2D eigenvalue weighted by atomic mass is 9.83. The van der Waals surface area contributed by atoms with Gasteiger partial charge in [0.1, 0.15) is 0 Å². The molecule has 0 saturated carbocycles. The SMILES string of the molecule is CCCCC(c1ccccc1)c1cccc2c1Cc1ccccc1-2. The number of rotatable bonds is 5. The molecule has 0 amide bonds. The Hall–Kier alpha value is -2.34. The van der Waals surface area contributed by atoms with E-state index < -0.39 is 0 Å². The van der Waals surface area contributed by atoms with Crippen LogP contribution in [-0.2, 0) is 6.42 Å². The standard InChI is InChI=1S/C24H24/c1-2-3-13-20(18-10-5-4-6-11-18)22-15-9-16-23-21-14-8-7-12-19(21)17-24(22)23/h4-12,14-16,20H,2-3,13,17H2,1H3. The van der Waals surface area contributed by atoms with Crippen LogP contribution in [-0.4, -0.2) is 0 Å². The summed E-state index contributed by atoms with van der Waals surface area (Å²) in [4.78, 5) is 0. The van der Waals surface area contributed by atoms with Crippen molar-refractivity contribution in [1.29, 1.82) is 0 Å². The van der Waals surface area contributed by atoms with Gasteiger partial charge in [0.25, 0.3) is 0 Å². The van der Waals surface area contributed by atoms with Crippen molar-refractivity contribution < 1.29 is 0 Å². The average Bonchev–Trinajstić information content (AvgIpc) is 3.02. The molecular formula is C24H24. The van der Waals surface area contributed by atoms with E-state index >= 15 is 0 Å². The van der Waals surface area contributed by atoms with Crippen LogP contribution < -0.4 is 0 Å². The lowest BCUT2D eigenvalue weighted by Gasteiger charge is -2.21. The van der Waals surface area contributed by atoms with Crippen molar-refractivity contribution in [3.8, 4) is 11.1 Å². The molecule has 1 aliphatic carbocycles. The molecule has 0 radical (unpaired) electrons. The van der Waals surface area contributed by atoms with Crippen LogP contribution in [0, 0.1) is 0 Å². The fraction of sp³-hybridized carbons (Fsp3) is 0.250. The molecule has 0 heteroatoms. The first-order chi connectivity index (χ1) is 11.9. The highest BCUT2D eigenvalue weighted by Crippen LogP contribution is 2.42. The van der Waals surface area contributed by atoms with Crippen molar-refractivity contribution in [1.82, 2.24) is 0 Å². The summed E-state index contributed by atoms with van der Waals surface area (Å²) in [5.74, 6) is 0.510. The van der Waals surface area contributed by atoms with Crippen LogP contribution >= 0.6 is 0 Å². The summed E-state index contributed by atoms with van der Waals surface area (Å²) in [6.45, 7) is 2.29. The van der Waals surface area contributed by atoms with Gasteiger partial charge in [-0.05, 0) is 46.2 Å². The molecular weight excluding hydrogens is 288 g/mol. The summed E-state index contributed by atoms with van der Waals surface area (Å²) in [6.07, 6.45) is 4.83. The van der Waals surface area contributed by atoms with Gasteiger partial charge in [0.15, 0.2) is 0 Å². The Kier molecular flexibility index (Phi) is 4.21. The molecule has 120 valence electrons. The van der Waals surface area contributed by atoms with Gasteiger partial charge in [-0.2, -0.15) is 0 Å². The van der Waals surface area contributed by atoms with E-state index in [0.717, 1.165) is 6.42 Å². The molecule has 0 heterocycles. The van der Waals surface area contributed by atoms with Crippen LogP contribution in [0.2, 0.25) is 0 Å². The van der Waals surface area contributed by atoms with Gasteiger partial charge in [-0.1, -0.05) is 92.6 Å². The molecule has 0 bridgehead atoms. The van der Waals surface area contributed by atoms with Crippen LogP contribution in [0.15, 0.2) is 72.8 Å². The van der Waals surface area contributed by atoms with Gasteiger partial charge in [0.2, 0.25) is 0 Å². The zero-order valence-electron chi connectivity index (χ0n) is 14.3. The minimum absolute atomic E-state index is 0.510. The van der Waals surface area contributed by atoms with Crippen LogP contribution in [0.5, 0.6) is 0 Å². The number of hydrogen-bond acceptors (Lipinski definition) is 0. The smallest absolute Gasteiger partial charge is 0.00924 e. The molecule has 0 spiro atoms. The summed E-state index contributed by atoms with van der Waals surface area (Å²) in [7, 11) is 0. The molecule has 0 aromatic heterocycles. The molecule has 1 aliphatic rings. The van der Waals surface area contributed by atoms with Gasteiger partial charge in [-0.25, -0.2) is 0 Å². The number of benzene rings is 3. The van der Waals surface area contributed by atoms with E-state index in [0.29, 0.717) is 5.92 Å². The Bertz CT molecular complexity index is 830. The Labute approximate surface area is 145 Å². The first kappa shape index (κ1) is 15.2. The van der Waals surface area contributed by atoms with E-state index in [1.807, 2.05) is 0 Å². The summed E-state index contributed by atoms with van der Waals surface area (Å²) < 4.78 is 0. The second-order valence-corrected chi connectivity index (χ2v) is 6.81. The van der Waals surface area contributed by atoms with Gasteiger partial charge in [-0.15, -0.1) is 0 Å². The molecule has 0 N–H and O–H groups in total. The quantitative estimate of drug-likeness (QED) is 0.390. The monoisotopic (exact) mass is 312 g/mol. The Morgan fingerprint density at radius 2 is 1.54 bits per heavy atom. The average molecular weight is 312 g/mol. The summed E-state index contributed by atoms with van der Waals surface area (Å²) in [5, 5.41) is 0. The van der Waals surface area contributed by atoms with Crippen LogP contribution in [0.4, 0.5) is 0 Å². The topological polar surface area (TPSA) is 0 Å². The van der Waals surface area contributed by atoms with Crippen LogP contribution in [0.1, 0.15) is 54.4 Å². The lowest BCUT2D eigenvalue weighted by Crippen LogP contribution is -2.05. The number of fused-ring (bicyclic) bond motifs is 3. The maximum absolute atomic E-state index is 2.36. The highest BCUT2D eigenvalue weighted by molar-refractivity contribution is 5.78. The Morgan fingerprint density at radius 3 is 2.38 bits per heavy atom. The van der Waals surface area contributed by atoms with E-state index in [1.165, 1.54) is 47.1 Å². The van der Waals surface area contributed by atoms with Crippen molar-refractivity contribution in [2.75, 3.05) is 0 Å². The maximum Gasteiger partial charge on any atom is 0.00924 e. The predicted molar refractivity (Wildman–Crippen MR) is 102 cm³/mol. The molecule has 4 rings (SSSR count). The first-order valence-corrected chi connectivity index (χ1v) is 9.13. The second-order valence-electron chi connectivity index (χ2n) is 6.81. The summed E-state index contributed by atoms with van der Waals surface area (Å²) in [5.41, 5.74) is 8.88. The molecule has 1 atom stereocenters. The van der Waals surface area contributed by atoms with Gasteiger partial charge < -0.3 is 0 Å². The van der Waals surface area contributed by atoms with E-state index in [2.05, 4.69) is 79.7 Å². The minimum Gasteiger partial charge on any atom is -0.0654 e. The van der Waals surface area contributed by atoms with E-state index in [1.54, 1.807) is 5.56 Å². The van der Waals surface area contributed by atoms with E-state index in [9.17, 15) is 0 Å². The highest BCUT2D eigenvalue weighted by Gasteiger charge is 2.24. The number of unbranched alkanes of at least 4 members (excludes halogenated alkanes) is 1. The second kappa shape index (κ2) is 6.65. The zero-order valence-corrected chi connectivity index (χ0v) is 14.3. The van der Waals surface area contributed by atoms with Crippen LogP contribution in [0.25, 0.3) is 11.1 Å². The molecule has 0 saturated heterocycles. The van der Waals surface area contributed by atoms with Gasteiger partial charge in [0, 0.05) is 5.92 Å². The molecule has 1 unspecified atom stereocenters. The Balaban J connectivity index is 1.80. The fourth-order valence-corrected chi connectivity index (χ4v) is 4.10. The molecule has 3 aromatic carbocycles. The lowest BCUT2D eigenvalue weighted by molar-refractivity contribution is 0.647. The van der Waals surface area contributed by atoms with Crippen molar-refractivity contribution >= 4 is 0 Å². The van der Waals surface area contributed by atoms with Crippen LogP contribution in [0.3, 0.4) is 0 Å². The summed E-state index contributed by atoms with van der Waals surface area (Å²) in [6, 6.07) is 26.8. The normalized spacial score (nSPS) is 13.4. The molecule has 0 fully saturated rings.